The molecule has 0 saturated heterocycles. The van der Waals surface area contributed by atoms with Crippen LogP contribution in [0.3, 0.4) is 0 Å². The molecule has 124 valence electrons. The van der Waals surface area contributed by atoms with Crippen molar-refractivity contribution in [2.24, 2.45) is 7.05 Å². The first-order chi connectivity index (χ1) is 10.6. The lowest BCUT2D eigenvalue weighted by Gasteiger charge is -2.15. The van der Waals surface area contributed by atoms with Crippen LogP contribution >= 0.6 is 23.2 Å². The molecular weight excluding hydrogens is 363 g/mol. The Morgan fingerprint density at radius 1 is 1.30 bits per heavy atom. The highest BCUT2D eigenvalue weighted by Gasteiger charge is 2.25. The fourth-order valence-electron chi connectivity index (χ4n) is 1.80. The predicted molar refractivity (Wildman–Crippen MR) is 88.5 cm³/mol. The predicted octanol–water partition coefficient (Wildman–Crippen LogP) is 2.23. The Morgan fingerprint density at radius 2 is 1.96 bits per heavy atom. The van der Waals surface area contributed by atoms with E-state index in [2.05, 4.69) is 9.71 Å². The molecule has 1 heterocycles. The third-order valence-electron chi connectivity index (χ3n) is 2.95. The second-order valence-electron chi connectivity index (χ2n) is 4.95. The molecule has 0 radical (unpaired) electrons. The summed E-state index contributed by atoms with van der Waals surface area (Å²) in [6.45, 7) is 0. The molecule has 0 aliphatic rings. The van der Waals surface area contributed by atoms with Crippen molar-refractivity contribution in [2.45, 2.75) is 5.03 Å². The second-order valence-corrected chi connectivity index (χ2v) is 7.34. The van der Waals surface area contributed by atoms with E-state index >= 15 is 0 Å². The number of carbonyl (C=O) groups excluding carboxylic acids is 1. The fourth-order valence-corrected chi connectivity index (χ4v) is 3.47. The van der Waals surface area contributed by atoms with Gasteiger partial charge in [0.1, 0.15) is 5.15 Å². The van der Waals surface area contributed by atoms with Gasteiger partial charge in [0.05, 0.1) is 17.6 Å². The normalized spacial score (nSPS) is 11.3. The van der Waals surface area contributed by atoms with Gasteiger partial charge in [0.2, 0.25) is 5.03 Å². The van der Waals surface area contributed by atoms with E-state index in [-0.39, 0.29) is 32.4 Å². The van der Waals surface area contributed by atoms with Crippen molar-refractivity contribution in [1.82, 2.24) is 14.5 Å². The first-order valence-electron chi connectivity index (χ1n) is 6.34. The van der Waals surface area contributed by atoms with Crippen LogP contribution in [0.15, 0.2) is 29.6 Å². The van der Waals surface area contributed by atoms with Crippen LogP contribution in [-0.4, -0.2) is 42.9 Å². The van der Waals surface area contributed by atoms with E-state index in [0.717, 1.165) is 0 Å². The first-order valence-corrected chi connectivity index (χ1v) is 8.58. The Morgan fingerprint density at radius 3 is 2.48 bits per heavy atom. The maximum atomic E-state index is 12.5. The van der Waals surface area contributed by atoms with Crippen LogP contribution in [0.25, 0.3) is 0 Å². The zero-order chi connectivity index (χ0) is 17.4. The largest absolute Gasteiger partial charge is 0.345 e. The molecular formula is C13H14Cl2N4O3S. The monoisotopic (exact) mass is 376 g/mol. The molecule has 0 unspecified atom stereocenters. The summed E-state index contributed by atoms with van der Waals surface area (Å²) in [6.07, 6.45) is 1.28. The lowest BCUT2D eigenvalue weighted by atomic mass is 10.1. The number of hydrogen-bond acceptors (Lipinski definition) is 4. The minimum atomic E-state index is -4.06. The molecule has 2 rings (SSSR count). The highest BCUT2D eigenvalue weighted by atomic mass is 35.5. The van der Waals surface area contributed by atoms with Gasteiger partial charge in [-0.3, -0.25) is 9.52 Å². The Balaban J connectivity index is 2.49. The minimum absolute atomic E-state index is 0.0417. The summed E-state index contributed by atoms with van der Waals surface area (Å²) >= 11 is 11.8. The van der Waals surface area contributed by atoms with E-state index in [1.165, 1.54) is 34.0 Å². The summed E-state index contributed by atoms with van der Waals surface area (Å²) in [5.41, 5.74) is 0.216. The molecule has 0 fully saturated rings. The van der Waals surface area contributed by atoms with Crippen LogP contribution in [0.5, 0.6) is 0 Å². The smallest absolute Gasteiger partial charge is 0.282 e. The van der Waals surface area contributed by atoms with E-state index in [9.17, 15) is 13.2 Å². The quantitative estimate of drug-likeness (QED) is 0.886. The van der Waals surface area contributed by atoms with Gasteiger partial charge in [-0.05, 0) is 18.2 Å². The summed E-state index contributed by atoms with van der Waals surface area (Å²) < 4.78 is 28.6. The first kappa shape index (κ1) is 17.6. The van der Waals surface area contributed by atoms with Gasteiger partial charge in [0.15, 0.2) is 0 Å². The summed E-state index contributed by atoms with van der Waals surface area (Å²) in [6, 6.07) is 4.30. The minimum Gasteiger partial charge on any atom is -0.345 e. The summed E-state index contributed by atoms with van der Waals surface area (Å²) in [5, 5.41) is -0.0879. The van der Waals surface area contributed by atoms with Crippen molar-refractivity contribution < 1.29 is 13.2 Å². The number of halogens is 2. The second kappa shape index (κ2) is 6.38. The van der Waals surface area contributed by atoms with Crippen molar-refractivity contribution in [3.05, 3.63) is 40.3 Å². The van der Waals surface area contributed by atoms with Crippen molar-refractivity contribution >= 4 is 44.8 Å². The van der Waals surface area contributed by atoms with E-state index in [1.54, 1.807) is 21.1 Å². The number of nitrogens with one attached hydrogen (secondary N) is 1. The molecule has 23 heavy (non-hydrogen) atoms. The number of carbonyl (C=O) groups is 1. The van der Waals surface area contributed by atoms with E-state index in [4.69, 9.17) is 23.2 Å². The number of amides is 1. The number of nitrogens with zero attached hydrogens (tertiary/aromatic N) is 3. The average Bonchev–Trinajstić information content (AvgIpc) is 2.78. The number of aromatic nitrogens is 2. The van der Waals surface area contributed by atoms with E-state index in [1.807, 2.05) is 0 Å². The van der Waals surface area contributed by atoms with Crippen LogP contribution in [0, 0.1) is 0 Å². The van der Waals surface area contributed by atoms with Gasteiger partial charge in [-0.1, -0.05) is 23.2 Å². The number of aryl methyl sites for hydroxylation is 1. The summed E-state index contributed by atoms with van der Waals surface area (Å²) in [7, 11) is 0.620. The molecule has 1 aromatic heterocycles. The van der Waals surface area contributed by atoms with Crippen LogP contribution < -0.4 is 4.72 Å². The van der Waals surface area contributed by atoms with Crippen LogP contribution in [0.4, 0.5) is 5.69 Å². The van der Waals surface area contributed by atoms with Gasteiger partial charge >= 0.3 is 0 Å². The standard InChI is InChI=1S/C13H14Cl2N4O3S/c1-18(2)13(20)9-5-4-8(14)6-10(9)17-23(21,22)12-11(15)19(3)7-16-12/h4-7,17H,1-3H3. The molecule has 1 aromatic carbocycles. The molecule has 1 amide bonds. The molecule has 7 nitrogen and oxygen atoms in total. The van der Waals surface area contributed by atoms with Crippen LogP contribution in [-0.2, 0) is 17.1 Å². The third kappa shape index (κ3) is 3.60. The number of rotatable bonds is 4. The lowest BCUT2D eigenvalue weighted by molar-refractivity contribution is 0.0828. The van der Waals surface area contributed by atoms with Gasteiger partial charge in [0.25, 0.3) is 15.9 Å². The molecule has 10 heteroatoms. The SMILES string of the molecule is CN(C)C(=O)c1ccc(Cl)cc1NS(=O)(=O)c1ncn(C)c1Cl. The maximum absolute atomic E-state index is 12.5. The molecule has 0 bridgehead atoms. The highest BCUT2D eigenvalue weighted by Crippen LogP contribution is 2.26. The lowest BCUT2D eigenvalue weighted by Crippen LogP contribution is -2.24. The van der Waals surface area contributed by atoms with Gasteiger partial charge in [-0.25, -0.2) is 4.98 Å². The van der Waals surface area contributed by atoms with Crippen molar-refractivity contribution in [3.63, 3.8) is 0 Å². The zero-order valence-electron chi connectivity index (χ0n) is 12.5. The number of imidazole rings is 1. The van der Waals surface area contributed by atoms with Gasteiger partial charge < -0.3 is 9.47 Å². The molecule has 0 aliphatic heterocycles. The summed E-state index contributed by atoms with van der Waals surface area (Å²) in [4.78, 5) is 17.3. The average molecular weight is 377 g/mol. The van der Waals surface area contributed by atoms with Gasteiger partial charge in [-0.2, -0.15) is 8.42 Å². The van der Waals surface area contributed by atoms with E-state index < -0.39 is 10.0 Å². The Bertz CT molecular complexity index is 862. The molecule has 2 aromatic rings. The number of anilines is 1. The molecule has 0 aliphatic carbocycles. The number of sulfonamides is 1. The number of benzene rings is 1. The third-order valence-corrected chi connectivity index (χ3v) is 5.04. The van der Waals surface area contributed by atoms with Gasteiger partial charge in [-0.15, -0.1) is 0 Å². The molecule has 0 saturated carbocycles. The molecule has 0 atom stereocenters. The van der Waals surface area contributed by atoms with Crippen molar-refractivity contribution in [1.29, 1.82) is 0 Å². The van der Waals surface area contributed by atoms with E-state index in [0.29, 0.717) is 0 Å². The van der Waals surface area contributed by atoms with Crippen LogP contribution in [0.1, 0.15) is 10.4 Å². The molecule has 0 spiro atoms. The topological polar surface area (TPSA) is 84.3 Å². The molecule has 1 N–H and O–H groups in total. The zero-order valence-corrected chi connectivity index (χ0v) is 14.9. The van der Waals surface area contributed by atoms with Gasteiger partial charge in [0, 0.05) is 26.2 Å². The Kier molecular flexibility index (Phi) is 4.88. The Hall–Kier alpha value is -1.77. The fraction of sp³-hybridized carbons (Fsp3) is 0.231. The Labute approximate surface area is 143 Å². The van der Waals surface area contributed by atoms with Crippen LogP contribution in [0.2, 0.25) is 10.2 Å². The maximum Gasteiger partial charge on any atom is 0.282 e. The summed E-state index contributed by atoms with van der Waals surface area (Å²) in [5.74, 6) is -0.369. The highest BCUT2D eigenvalue weighted by molar-refractivity contribution is 7.92. The van der Waals surface area contributed by atoms with Crippen molar-refractivity contribution in [2.75, 3.05) is 18.8 Å². The van der Waals surface area contributed by atoms with Crippen molar-refractivity contribution in [3.8, 4) is 0 Å². The number of hydrogen-bond donors (Lipinski definition) is 1.